The number of carbonyl (C=O) groups excluding carboxylic acids is 1. The highest BCUT2D eigenvalue weighted by Gasteiger charge is 2.14. The molecule has 3 unspecified atom stereocenters. The van der Waals surface area contributed by atoms with Crippen molar-refractivity contribution in [2.45, 2.75) is 58.2 Å². The average Bonchev–Trinajstić information content (AvgIpc) is 2.18. The zero-order valence-corrected chi connectivity index (χ0v) is 13.0. The number of carbonyl (C=O) groups is 1. The molecule has 1 aliphatic rings. The van der Waals surface area contributed by atoms with Crippen molar-refractivity contribution in [1.82, 2.24) is 0 Å². The van der Waals surface area contributed by atoms with E-state index < -0.39 is 0 Å². The smallest absolute Gasteiger partial charge is 0.116 e. The maximum absolute atomic E-state index is 8.81. The molecule has 1 N–H and O–H groups in total. The third kappa shape index (κ3) is 18.8. The molecule has 0 amide bonds. The summed E-state index contributed by atoms with van der Waals surface area (Å²) in [5.74, 6) is 2.04. The Morgan fingerprint density at radius 1 is 1.59 bits per heavy atom. The van der Waals surface area contributed by atoms with Crippen LogP contribution in [0.3, 0.4) is 0 Å². The Morgan fingerprint density at radius 2 is 2.12 bits per heavy atom. The summed E-state index contributed by atoms with van der Waals surface area (Å²) in [4.78, 5) is 8.81. The highest BCUT2D eigenvalue weighted by Crippen LogP contribution is 2.22. The van der Waals surface area contributed by atoms with Crippen LogP contribution < -0.4 is 0 Å². The summed E-state index contributed by atoms with van der Waals surface area (Å²) < 4.78 is 5.45. The van der Waals surface area contributed by atoms with E-state index in [0.29, 0.717) is 11.5 Å². The lowest BCUT2D eigenvalue weighted by Crippen LogP contribution is -2.20. The van der Waals surface area contributed by atoms with Crippen LogP contribution in [0.2, 0.25) is 0 Å². The number of hydrogen-bond acceptors (Lipinski definition) is 5. The second kappa shape index (κ2) is 14.4. The van der Waals surface area contributed by atoms with E-state index in [1.54, 1.807) is 6.92 Å². The molecule has 1 rings (SSSR count). The van der Waals surface area contributed by atoms with E-state index in [0.717, 1.165) is 18.5 Å². The number of aliphatic hydroxyl groups excluding tert-OH is 1. The van der Waals surface area contributed by atoms with Gasteiger partial charge in [-0.25, -0.2) is 0 Å². The Balaban J connectivity index is 0. The molecule has 0 radical (unpaired) electrons. The fourth-order valence-corrected chi connectivity index (χ4v) is 2.46. The molecule has 1 saturated heterocycles. The number of thioether (sulfide) groups is 1. The summed E-state index contributed by atoms with van der Waals surface area (Å²) in [6.07, 6.45) is 3.08. The van der Waals surface area contributed by atoms with Gasteiger partial charge in [0.15, 0.2) is 0 Å². The Morgan fingerprint density at radius 3 is 2.29 bits per heavy atom. The second-order valence-corrected chi connectivity index (χ2v) is 5.62. The lowest BCUT2D eigenvalue weighted by Gasteiger charge is -2.23. The lowest BCUT2D eigenvalue weighted by molar-refractivity contribution is -0.106. The van der Waals surface area contributed by atoms with Crippen LogP contribution in [-0.4, -0.2) is 40.5 Å². The van der Waals surface area contributed by atoms with Gasteiger partial charge in [-0.15, -0.1) is 11.8 Å². The Kier molecular flexibility index (Phi) is 16.6. The van der Waals surface area contributed by atoms with Gasteiger partial charge in [0.2, 0.25) is 0 Å². The second-order valence-electron chi connectivity index (χ2n) is 3.77. The molecule has 0 saturated carbocycles. The molecule has 0 bridgehead atoms. The van der Waals surface area contributed by atoms with Gasteiger partial charge in [0.1, 0.15) is 11.7 Å². The fourth-order valence-electron chi connectivity index (χ4n) is 1.02. The van der Waals surface area contributed by atoms with Crippen molar-refractivity contribution < 1.29 is 14.6 Å². The monoisotopic (exact) mass is 282 g/mol. The molecule has 0 aliphatic carbocycles. The molecular weight excluding hydrogens is 256 g/mol. The summed E-state index contributed by atoms with van der Waals surface area (Å²) in [7, 11) is 0. The highest BCUT2D eigenvalue weighted by atomic mass is 32.2. The van der Waals surface area contributed by atoms with Gasteiger partial charge in [-0.3, -0.25) is 0 Å². The minimum absolute atomic E-state index is 0.178. The van der Waals surface area contributed by atoms with Gasteiger partial charge in [0.05, 0.1) is 12.2 Å². The number of thiol groups is 1. The first-order chi connectivity index (χ1) is 7.97. The number of aldehydes is 1. The van der Waals surface area contributed by atoms with E-state index in [9.17, 15) is 0 Å². The van der Waals surface area contributed by atoms with Crippen LogP contribution in [0.15, 0.2) is 0 Å². The van der Waals surface area contributed by atoms with E-state index in [1.807, 2.05) is 11.8 Å². The van der Waals surface area contributed by atoms with Gasteiger partial charge < -0.3 is 14.6 Å². The van der Waals surface area contributed by atoms with Crippen LogP contribution in [0.1, 0.15) is 40.5 Å². The summed E-state index contributed by atoms with van der Waals surface area (Å²) in [5.41, 5.74) is 0.429. The molecule has 0 aromatic heterocycles. The highest BCUT2D eigenvalue weighted by molar-refractivity contribution is 7.99. The standard InChI is InChI=1S/C6H12OS.C4H10OS.C2H4O/c1-5-3-4-8-6(2)7-5;1-4(5)2-3-6;1-2-3/h5-6H,3-4H2,1-2H3;4-6H,2-3H2,1H3;2H,1H3. The number of ether oxygens (including phenoxy) is 1. The van der Waals surface area contributed by atoms with Gasteiger partial charge in [0.25, 0.3) is 0 Å². The van der Waals surface area contributed by atoms with E-state index >= 15 is 0 Å². The first-order valence-electron chi connectivity index (χ1n) is 5.93. The topological polar surface area (TPSA) is 46.5 Å². The zero-order chi connectivity index (χ0) is 13.7. The van der Waals surface area contributed by atoms with Gasteiger partial charge in [-0.05, 0) is 52.0 Å². The average molecular weight is 282 g/mol. The van der Waals surface area contributed by atoms with Crippen molar-refractivity contribution in [2.75, 3.05) is 11.5 Å². The number of rotatable bonds is 2. The van der Waals surface area contributed by atoms with Crippen LogP contribution in [0.25, 0.3) is 0 Å². The van der Waals surface area contributed by atoms with Crippen LogP contribution in [0.5, 0.6) is 0 Å². The summed E-state index contributed by atoms with van der Waals surface area (Å²) in [6.45, 7) is 7.45. The SMILES string of the molecule is CC(O)CCS.CC1CCSC(C)O1.CC=O. The summed E-state index contributed by atoms with van der Waals surface area (Å²) in [5, 5.41) is 8.50. The van der Waals surface area contributed by atoms with Crippen molar-refractivity contribution in [2.24, 2.45) is 0 Å². The van der Waals surface area contributed by atoms with Crippen molar-refractivity contribution in [3.63, 3.8) is 0 Å². The molecule has 0 aromatic rings. The molecule has 5 heteroatoms. The molecule has 0 spiro atoms. The summed E-state index contributed by atoms with van der Waals surface area (Å²) >= 11 is 5.80. The normalized spacial score (nSPS) is 24.6. The molecule has 1 heterocycles. The number of hydrogen-bond donors (Lipinski definition) is 2. The summed E-state index contributed by atoms with van der Waals surface area (Å²) in [6, 6.07) is 0. The maximum Gasteiger partial charge on any atom is 0.116 e. The van der Waals surface area contributed by atoms with Crippen molar-refractivity contribution in [3.8, 4) is 0 Å². The Bertz CT molecular complexity index is 158. The van der Waals surface area contributed by atoms with Crippen molar-refractivity contribution in [1.29, 1.82) is 0 Å². The predicted octanol–water partition coefficient (Wildman–Crippen LogP) is 2.77. The minimum atomic E-state index is -0.178. The third-order valence-corrected chi connectivity index (χ3v) is 3.16. The maximum atomic E-state index is 8.81. The van der Waals surface area contributed by atoms with Crippen LogP contribution in [0.4, 0.5) is 0 Å². The first kappa shape index (κ1) is 19.6. The quantitative estimate of drug-likeness (QED) is 0.604. The molecule has 0 aromatic carbocycles. The molecule has 17 heavy (non-hydrogen) atoms. The van der Waals surface area contributed by atoms with Gasteiger partial charge in [-0.2, -0.15) is 12.6 Å². The van der Waals surface area contributed by atoms with Crippen molar-refractivity contribution in [3.05, 3.63) is 0 Å². The largest absolute Gasteiger partial charge is 0.393 e. The Labute approximate surface area is 115 Å². The van der Waals surface area contributed by atoms with Crippen LogP contribution >= 0.6 is 24.4 Å². The van der Waals surface area contributed by atoms with Gasteiger partial charge in [0, 0.05) is 0 Å². The van der Waals surface area contributed by atoms with Crippen LogP contribution in [0, 0.1) is 0 Å². The minimum Gasteiger partial charge on any atom is -0.393 e. The molecular formula is C12H26O3S2. The van der Waals surface area contributed by atoms with E-state index in [1.165, 1.54) is 19.1 Å². The molecule has 1 aliphatic heterocycles. The predicted molar refractivity (Wildman–Crippen MR) is 79.0 cm³/mol. The molecule has 3 atom stereocenters. The zero-order valence-electron chi connectivity index (χ0n) is 11.3. The first-order valence-corrected chi connectivity index (χ1v) is 7.61. The van der Waals surface area contributed by atoms with E-state index in [-0.39, 0.29) is 6.10 Å². The lowest BCUT2D eigenvalue weighted by atomic mass is 10.3. The molecule has 104 valence electrons. The fraction of sp³-hybridized carbons (Fsp3) is 0.917. The van der Waals surface area contributed by atoms with Gasteiger partial charge >= 0.3 is 0 Å². The Hall–Kier alpha value is 0.290. The third-order valence-electron chi connectivity index (χ3n) is 1.85. The van der Waals surface area contributed by atoms with Crippen LogP contribution in [-0.2, 0) is 9.53 Å². The van der Waals surface area contributed by atoms with Crippen molar-refractivity contribution >= 4 is 30.7 Å². The van der Waals surface area contributed by atoms with Gasteiger partial charge in [-0.1, -0.05) is 0 Å². The van der Waals surface area contributed by atoms with E-state index in [4.69, 9.17) is 14.6 Å². The van der Waals surface area contributed by atoms with E-state index in [2.05, 4.69) is 26.5 Å². The number of aliphatic hydroxyl groups is 1. The molecule has 1 fully saturated rings. The molecule has 3 nitrogen and oxygen atoms in total.